The highest BCUT2D eigenvalue weighted by atomic mass is 31.2. The fourth-order valence-electron chi connectivity index (χ4n) is 17.3. The average molecular weight is 2000 g/mol. The molecule has 136 heavy (non-hydrogen) atoms. The van der Waals surface area contributed by atoms with Crippen LogP contribution in [-0.4, -0.2) is 282 Å². The molecule has 0 radical (unpaired) electrons. The van der Waals surface area contributed by atoms with E-state index < -0.39 is 275 Å². The Hall–Kier alpha value is -4.70. The molecule has 4 rings (SSSR count). The van der Waals surface area contributed by atoms with Gasteiger partial charge in [-0.15, -0.1) is 0 Å². The number of carboxylic acid groups (broad SMARTS) is 2. The standard InChI is InChI=1S/C93H168N2O39P2/c1-6-11-16-21-26-30-34-38-43-48-64(99)55-77(108)129-86-78(94-72(103)54-63(98)47-42-37-33-29-24-19-14-9-4)89(134-136(119,120)121)126-70(82(86)111)61-123-88-79(95-73(104)56-65(49-44-39-35-31-27-22-17-12-7-2)125-75(106)51-46-41-36-32-28-23-18-13-8-3)87(128-76(107)52-53-122-74(105)50-45-40-25-20-15-10-5)85(133-135(116,117)118)71(127-88)62-124-92(90(112)113)58-69(81(110)84(131-92)68(102)60-97)130-93(91(114)115)57-66(100)80(109)83(132-93)67(101)59-96/h63-71,78-89,96-102,109-111H,6-62H2,1-5H3,(H,94,103)(H,95,104)(H,112,113)(H,114,115)(H2,116,117,118)(H2,119,120,121)/p-4/t63-,64+,65-,66-,67-,68-,69-,70-,71-,78-,79-,80-,81-,82-,83-,84-,85-,86-,87-,88-,89-,92-,93-/m1/s1. The van der Waals surface area contributed by atoms with Crippen LogP contribution < -0.4 is 30.2 Å². The number of unbranched alkanes of at least 4 members (excludes halogenated alkanes) is 36. The van der Waals surface area contributed by atoms with Crippen LogP contribution >= 0.6 is 15.6 Å². The van der Waals surface area contributed by atoms with E-state index in [4.69, 9.17) is 61.2 Å². The molecule has 0 bridgehead atoms. The Morgan fingerprint density at radius 1 is 0.419 bits per heavy atom. The first-order valence-corrected chi connectivity index (χ1v) is 53.2. The molecule has 4 saturated heterocycles. The minimum absolute atomic E-state index is 0.0466. The van der Waals surface area contributed by atoms with Gasteiger partial charge in [-0.25, -0.2) is 9.59 Å². The lowest BCUT2D eigenvalue weighted by atomic mass is 9.90. The molecular weight excluding hydrogens is 1830 g/mol. The van der Waals surface area contributed by atoms with E-state index >= 15 is 4.79 Å². The molecule has 794 valence electrons. The number of phosphoric ester groups is 2. The molecule has 0 spiro atoms. The second-order valence-electron chi connectivity index (χ2n) is 36.9. The van der Waals surface area contributed by atoms with Gasteiger partial charge in [0.2, 0.25) is 11.8 Å². The maximum Gasteiger partial charge on any atom is 0.364 e. The van der Waals surface area contributed by atoms with Gasteiger partial charge in [0.15, 0.2) is 24.8 Å². The van der Waals surface area contributed by atoms with Gasteiger partial charge in [0.1, 0.15) is 85.8 Å². The molecule has 43 heteroatoms. The zero-order chi connectivity index (χ0) is 101. The van der Waals surface area contributed by atoms with E-state index in [1.54, 1.807) is 0 Å². The summed E-state index contributed by atoms with van der Waals surface area (Å²) in [6.45, 7) is 3.98. The molecule has 0 saturated carbocycles. The molecule has 14 N–H and O–H groups in total. The number of ether oxygens (including phenoxy) is 11. The van der Waals surface area contributed by atoms with Crippen molar-refractivity contribution in [2.24, 2.45) is 0 Å². The lowest BCUT2D eigenvalue weighted by Gasteiger charge is -2.51. The van der Waals surface area contributed by atoms with Crippen molar-refractivity contribution >= 4 is 63.3 Å². The van der Waals surface area contributed by atoms with Crippen molar-refractivity contribution < 1.29 is 189 Å². The third-order valence-electron chi connectivity index (χ3n) is 25.1. The van der Waals surface area contributed by atoms with Crippen LogP contribution in [0.25, 0.3) is 0 Å². The fraction of sp³-hybridized carbons (Fsp3) is 0.914. The van der Waals surface area contributed by atoms with Gasteiger partial charge in [-0.05, 0) is 38.5 Å². The van der Waals surface area contributed by atoms with Crippen LogP contribution in [-0.2, 0) is 109 Å². The Balaban J connectivity index is 2.02. The maximum atomic E-state index is 15.4. The number of aliphatic hydroxyl groups excluding tert-OH is 10. The second-order valence-corrected chi connectivity index (χ2v) is 39.1. The number of hydrogen-bond acceptors (Lipinski definition) is 37. The zero-order valence-electron chi connectivity index (χ0n) is 80.7. The molecule has 4 heterocycles. The number of carbonyl (C=O) groups is 8. The molecule has 2 amide bonds. The summed E-state index contributed by atoms with van der Waals surface area (Å²) in [5, 5.41) is 138. The number of aliphatic hydroxyl groups is 10. The summed E-state index contributed by atoms with van der Waals surface area (Å²) in [7, 11) is -13.1. The zero-order valence-corrected chi connectivity index (χ0v) is 82.5. The number of rotatable bonds is 78. The normalized spacial score (nSPS) is 26.6. The van der Waals surface area contributed by atoms with E-state index in [0.717, 1.165) is 199 Å². The molecule has 0 unspecified atom stereocenters. The average Bonchev–Trinajstić information content (AvgIpc) is 0.749. The van der Waals surface area contributed by atoms with Crippen molar-refractivity contribution in [1.82, 2.24) is 10.6 Å². The van der Waals surface area contributed by atoms with Crippen LogP contribution in [0.15, 0.2) is 0 Å². The highest BCUT2D eigenvalue weighted by Crippen LogP contribution is 2.44. The molecule has 0 aliphatic carbocycles. The van der Waals surface area contributed by atoms with Gasteiger partial charge in [-0.3, -0.25) is 28.8 Å². The van der Waals surface area contributed by atoms with Crippen molar-refractivity contribution in [3.05, 3.63) is 0 Å². The Bertz CT molecular complexity index is 3420. The summed E-state index contributed by atoms with van der Waals surface area (Å²) >= 11 is 0. The van der Waals surface area contributed by atoms with Crippen LogP contribution in [0, 0.1) is 0 Å². The predicted octanol–water partition coefficient (Wildman–Crippen LogP) is 6.78. The van der Waals surface area contributed by atoms with Crippen LogP contribution in [0.5, 0.6) is 0 Å². The lowest BCUT2D eigenvalue weighted by molar-refractivity contribution is -0.380. The summed E-state index contributed by atoms with van der Waals surface area (Å²) in [5.74, 6) is -18.0. The molecule has 0 aromatic heterocycles. The van der Waals surface area contributed by atoms with E-state index in [1.807, 2.05) is 6.92 Å². The van der Waals surface area contributed by atoms with Crippen LogP contribution in [0.2, 0.25) is 0 Å². The van der Waals surface area contributed by atoms with Crippen LogP contribution in [0.4, 0.5) is 0 Å². The summed E-state index contributed by atoms with van der Waals surface area (Å²) < 4.78 is 102. The van der Waals surface area contributed by atoms with E-state index in [9.17, 15) is 124 Å². The van der Waals surface area contributed by atoms with Crippen molar-refractivity contribution in [2.75, 3.05) is 33.0 Å². The minimum Gasteiger partial charge on any atom is -0.790 e. The number of esters is 4. The van der Waals surface area contributed by atoms with Gasteiger partial charge < -0.3 is 162 Å². The number of carboxylic acids is 2. The van der Waals surface area contributed by atoms with Crippen LogP contribution in [0.1, 0.15) is 369 Å². The highest BCUT2D eigenvalue weighted by molar-refractivity contribution is 7.43. The molecule has 23 atom stereocenters. The third-order valence-corrected chi connectivity index (χ3v) is 26.0. The number of nitrogens with one attached hydrogen (secondary N) is 2. The van der Waals surface area contributed by atoms with Gasteiger partial charge >= 0.3 is 35.8 Å². The van der Waals surface area contributed by atoms with Crippen LogP contribution in [0.3, 0.4) is 0 Å². The summed E-state index contributed by atoms with van der Waals surface area (Å²) in [5.41, 5.74) is 0. The monoisotopic (exact) mass is 2000 g/mol. The molecule has 41 nitrogen and oxygen atoms in total. The number of amides is 2. The van der Waals surface area contributed by atoms with E-state index in [2.05, 4.69) is 38.3 Å². The largest absolute Gasteiger partial charge is 0.790 e. The number of phosphoric acid groups is 2. The molecular formula is C93H164N2O39P2-4. The van der Waals surface area contributed by atoms with Crippen molar-refractivity contribution in [3.63, 3.8) is 0 Å². The Morgan fingerprint density at radius 3 is 1.29 bits per heavy atom. The van der Waals surface area contributed by atoms with Gasteiger partial charge in [-0.2, -0.15) is 0 Å². The molecule has 0 aromatic rings. The molecule has 4 aliphatic rings. The minimum atomic E-state index is -6.68. The van der Waals surface area contributed by atoms with E-state index in [-0.39, 0.29) is 32.1 Å². The predicted molar refractivity (Wildman–Crippen MR) is 481 cm³/mol. The maximum absolute atomic E-state index is 15.4. The first kappa shape index (κ1) is 124. The topological polar surface area (TPSA) is 650 Å². The van der Waals surface area contributed by atoms with Gasteiger partial charge in [-0.1, -0.05) is 279 Å². The molecule has 4 fully saturated rings. The fourth-order valence-corrected chi connectivity index (χ4v) is 18.3. The first-order valence-electron chi connectivity index (χ1n) is 50.3. The summed E-state index contributed by atoms with van der Waals surface area (Å²) in [6, 6.07) is -4.60. The third kappa shape index (κ3) is 48.1. The first-order chi connectivity index (χ1) is 64.8. The highest BCUT2D eigenvalue weighted by Gasteiger charge is 2.62. The molecule has 0 aromatic carbocycles. The SMILES string of the molecule is CCCCCCCCCCCC(=O)O[C@H](CCCCCCCCCCC)CC(=O)N[C@H]1[C@H](OC[C@H]2O[C@H](OP(=O)([O-])[O-])[C@H](NC(=O)C[C@H](O)CCCCCCCCCC)[C@@H](OC(=O)C[C@@H](O)CCCCCCCCCCC)[C@@H]2O)O[C@H](CO[C@]2(C(=O)O)C[C@@H](O[C@]3(C(=O)O)C[C@@H](O)[C@@H](O)[C@@H]([C@H](O)CO)O3)[C@@H](O)[C@@H]([C@H](O)CO)O2)[C@@H](OP(=O)([O-])[O-])[C@@H]1OC(=O)CCOC(=O)CCCCCCCC. The van der Waals surface area contributed by atoms with Gasteiger partial charge in [0.05, 0.1) is 92.2 Å². The van der Waals surface area contributed by atoms with E-state index in [1.165, 1.54) is 0 Å². The summed E-state index contributed by atoms with van der Waals surface area (Å²) in [6.07, 6.45) is -13.5. The number of carbonyl (C=O) groups excluding carboxylic acids is 6. The van der Waals surface area contributed by atoms with Gasteiger partial charge in [0, 0.05) is 25.7 Å². The quantitative estimate of drug-likeness (QED) is 0.0129. The van der Waals surface area contributed by atoms with Crippen molar-refractivity contribution in [3.8, 4) is 0 Å². The van der Waals surface area contributed by atoms with Gasteiger partial charge in [0.25, 0.3) is 11.6 Å². The Labute approximate surface area is 801 Å². The van der Waals surface area contributed by atoms with Crippen molar-refractivity contribution in [2.45, 2.75) is 509 Å². The Kier molecular flexibility index (Phi) is 62.3. The summed E-state index contributed by atoms with van der Waals surface area (Å²) in [4.78, 5) is 166. The number of hydrogen-bond donors (Lipinski definition) is 14. The number of aliphatic carboxylic acids is 2. The lowest BCUT2D eigenvalue weighted by Crippen LogP contribution is -2.69. The van der Waals surface area contributed by atoms with E-state index in [0.29, 0.717) is 64.2 Å². The second kappa shape index (κ2) is 68.5. The molecule has 4 aliphatic heterocycles. The smallest absolute Gasteiger partial charge is 0.364 e. The Morgan fingerprint density at radius 2 is 0.824 bits per heavy atom. The van der Waals surface area contributed by atoms with Crippen molar-refractivity contribution in [1.29, 1.82) is 0 Å².